The topological polar surface area (TPSA) is 21.3 Å². The van der Waals surface area contributed by atoms with Crippen LogP contribution in [0.5, 0.6) is 5.75 Å². The van der Waals surface area contributed by atoms with Crippen molar-refractivity contribution in [1.29, 1.82) is 0 Å². The van der Waals surface area contributed by atoms with Crippen molar-refractivity contribution in [2.45, 2.75) is 13.5 Å². The molecule has 0 spiro atoms. The highest BCUT2D eigenvalue weighted by Gasteiger charge is 2.04. The van der Waals surface area contributed by atoms with Crippen molar-refractivity contribution in [1.82, 2.24) is 0 Å². The molecule has 0 saturated carbocycles. The molecule has 100 valence electrons. The molecule has 0 heterocycles. The smallest absolute Gasteiger partial charge is 0.167 e. The second-order valence-electron chi connectivity index (χ2n) is 4.02. The predicted molar refractivity (Wildman–Crippen MR) is 76.3 cm³/mol. The van der Waals surface area contributed by atoms with Gasteiger partial charge in [0.2, 0.25) is 0 Å². The zero-order chi connectivity index (χ0) is 13.7. The van der Waals surface area contributed by atoms with Crippen molar-refractivity contribution in [3.05, 3.63) is 58.9 Å². The Kier molecular flexibility index (Phi) is 4.63. The van der Waals surface area contributed by atoms with Crippen LogP contribution in [0.1, 0.15) is 12.5 Å². The van der Waals surface area contributed by atoms with Crippen LogP contribution in [0.2, 0.25) is 5.02 Å². The summed E-state index contributed by atoms with van der Waals surface area (Å²) in [5.41, 5.74) is 1.67. The third kappa shape index (κ3) is 3.61. The summed E-state index contributed by atoms with van der Waals surface area (Å²) < 4.78 is 18.8. The molecule has 0 aliphatic heterocycles. The van der Waals surface area contributed by atoms with Gasteiger partial charge in [-0.25, -0.2) is 4.39 Å². The van der Waals surface area contributed by atoms with E-state index in [1.807, 2.05) is 31.2 Å². The molecule has 0 amide bonds. The predicted octanol–water partition coefficient (Wildman–Crippen LogP) is 4.49. The molecule has 0 atom stereocenters. The zero-order valence-electron chi connectivity index (χ0n) is 10.6. The average molecular weight is 280 g/mol. The molecule has 2 nitrogen and oxygen atoms in total. The molecule has 2 aromatic carbocycles. The summed E-state index contributed by atoms with van der Waals surface area (Å²) in [4.78, 5) is 0. The Balaban J connectivity index is 2.04. The van der Waals surface area contributed by atoms with Gasteiger partial charge in [-0.15, -0.1) is 0 Å². The van der Waals surface area contributed by atoms with Crippen LogP contribution >= 0.6 is 11.6 Å². The van der Waals surface area contributed by atoms with E-state index in [-0.39, 0.29) is 11.6 Å². The van der Waals surface area contributed by atoms with Crippen LogP contribution < -0.4 is 10.1 Å². The van der Waals surface area contributed by atoms with Gasteiger partial charge in [-0.2, -0.15) is 0 Å². The normalized spacial score (nSPS) is 10.3. The van der Waals surface area contributed by atoms with Gasteiger partial charge in [0.05, 0.1) is 6.61 Å². The van der Waals surface area contributed by atoms with E-state index in [1.54, 1.807) is 12.1 Å². The van der Waals surface area contributed by atoms with Crippen LogP contribution in [0.15, 0.2) is 42.5 Å². The van der Waals surface area contributed by atoms with Gasteiger partial charge in [-0.3, -0.25) is 0 Å². The molecule has 4 heteroatoms. The molecule has 0 bridgehead atoms. The summed E-state index contributed by atoms with van der Waals surface area (Å²) in [6.07, 6.45) is 0. The first-order valence-electron chi connectivity index (χ1n) is 6.10. The number of hydrogen-bond acceptors (Lipinski definition) is 2. The third-order valence-electron chi connectivity index (χ3n) is 2.67. The van der Waals surface area contributed by atoms with E-state index in [2.05, 4.69) is 5.32 Å². The largest absolute Gasteiger partial charge is 0.491 e. The highest BCUT2D eigenvalue weighted by atomic mass is 35.5. The Morgan fingerprint density at radius 1 is 1.21 bits per heavy atom. The lowest BCUT2D eigenvalue weighted by Crippen LogP contribution is -2.01. The third-order valence-corrected chi connectivity index (χ3v) is 3.04. The molecule has 1 N–H and O–H groups in total. The molecule has 0 saturated heterocycles. The maximum Gasteiger partial charge on any atom is 0.167 e. The maximum atomic E-state index is 13.7. The highest BCUT2D eigenvalue weighted by Crippen LogP contribution is 2.22. The second kappa shape index (κ2) is 6.43. The molecule has 19 heavy (non-hydrogen) atoms. The number of benzene rings is 2. The van der Waals surface area contributed by atoms with E-state index in [0.717, 1.165) is 5.56 Å². The first-order valence-corrected chi connectivity index (χ1v) is 6.48. The Bertz CT molecular complexity index is 560. The van der Waals surface area contributed by atoms with E-state index in [9.17, 15) is 4.39 Å². The van der Waals surface area contributed by atoms with E-state index in [0.29, 0.717) is 23.9 Å². The van der Waals surface area contributed by atoms with Gasteiger partial charge in [-0.05, 0) is 30.7 Å². The molecule has 0 aromatic heterocycles. The lowest BCUT2D eigenvalue weighted by atomic mass is 10.2. The summed E-state index contributed by atoms with van der Waals surface area (Å²) in [5.74, 6) is -0.100. The maximum absolute atomic E-state index is 13.7. The summed E-state index contributed by atoms with van der Waals surface area (Å²) in [6, 6.07) is 12.4. The standard InChI is InChI=1S/C15H15ClFNO/c1-2-19-15-8-7-12(9-14(15)17)18-10-11-5-3-4-6-13(11)16/h3-9,18H,2,10H2,1H3. The van der Waals surface area contributed by atoms with Crippen molar-refractivity contribution in [3.8, 4) is 5.75 Å². The number of ether oxygens (including phenoxy) is 1. The van der Waals surface area contributed by atoms with Gasteiger partial charge in [0, 0.05) is 23.3 Å². The molecule has 2 rings (SSSR count). The minimum Gasteiger partial charge on any atom is -0.491 e. The number of hydrogen-bond donors (Lipinski definition) is 1. The van der Waals surface area contributed by atoms with E-state index >= 15 is 0 Å². The molecule has 0 unspecified atom stereocenters. The summed E-state index contributed by atoms with van der Waals surface area (Å²) >= 11 is 6.05. The van der Waals surface area contributed by atoms with E-state index < -0.39 is 0 Å². The lowest BCUT2D eigenvalue weighted by molar-refractivity contribution is 0.321. The minimum atomic E-state index is -0.369. The first kappa shape index (κ1) is 13.7. The summed E-state index contributed by atoms with van der Waals surface area (Å²) in [6.45, 7) is 2.82. The molecule has 0 aliphatic rings. The molecule has 0 fully saturated rings. The Hall–Kier alpha value is -1.74. The van der Waals surface area contributed by atoms with Crippen molar-refractivity contribution in [2.75, 3.05) is 11.9 Å². The Morgan fingerprint density at radius 2 is 2.00 bits per heavy atom. The van der Waals surface area contributed by atoms with Gasteiger partial charge in [0.25, 0.3) is 0 Å². The molecular weight excluding hydrogens is 265 g/mol. The van der Waals surface area contributed by atoms with Crippen LogP contribution in [-0.4, -0.2) is 6.61 Å². The van der Waals surface area contributed by atoms with Gasteiger partial charge in [0.1, 0.15) is 0 Å². The second-order valence-corrected chi connectivity index (χ2v) is 4.43. The minimum absolute atomic E-state index is 0.269. The van der Waals surface area contributed by atoms with E-state index in [4.69, 9.17) is 16.3 Å². The fraction of sp³-hybridized carbons (Fsp3) is 0.200. The van der Waals surface area contributed by atoms with Gasteiger partial charge < -0.3 is 10.1 Å². The fourth-order valence-corrected chi connectivity index (χ4v) is 1.92. The zero-order valence-corrected chi connectivity index (χ0v) is 11.4. The lowest BCUT2D eigenvalue weighted by Gasteiger charge is -2.10. The first-order chi connectivity index (χ1) is 9.20. The van der Waals surface area contributed by atoms with Crippen LogP contribution in [0, 0.1) is 5.82 Å². The summed E-state index contributed by atoms with van der Waals surface area (Å²) in [7, 11) is 0. The van der Waals surface area contributed by atoms with Gasteiger partial charge in [0.15, 0.2) is 11.6 Å². The Morgan fingerprint density at radius 3 is 2.68 bits per heavy atom. The van der Waals surface area contributed by atoms with Crippen LogP contribution in [-0.2, 0) is 6.54 Å². The quantitative estimate of drug-likeness (QED) is 0.871. The molecule has 2 aromatic rings. The number of nitrogens with one attached hydrogen (secondary N) is 1. The highest BCUT2D eigenvalue weighted by molar-refractivity contribution is 6.31. The number of halogens is 2. The van der Waals surface area contributed by atoms with Crippen molar-refractivity contribution < 1.29 is 9.13 Å². The molecular formula is C15H15ClFNO. The van der Waals surface area contributed by atoms with Gasteiger partial charge >= 0.3 is 0 Å². The van der Waals surface area contributed by atoms with Gasteiger partial charge in [-0.1, -0.05) is 29.8 Å². The van der Waals surface area contributed by atoms with Crippen LogP contribution in [0.4, 0.5) is 10.1 Å². The van der Waals surface area contributed by atoms with Crippen molar-refractivity contribution >= 4 is 17.3 Å². The van der Waals surface area contributed by atoms with E-state index in [1.165, 1.54) is 6.07 Å². The number of rotatable bonds is 5. The van der Waals surface area contributed by atoms with Crippen molar-refractivity contribution in [2.24, 2.45) is 0 Å². The fourth-order valence-electron chi connectivity index (χ4n) is 1.72. The van der Waals surface area contributed by atoms with Crippen molar-refractivity contribution in [3.63, 3.8) is 0 Å². The monoisotopic (exact) mass is 279 g/mol. The number of anilines is 1. The SMILES string of the molecule is CCOc1ccc(NCc2ccccc2Cl)cc1F. The summed E-state index contributed by atoms with van der Waals surface area (Å²) in [5, 5.41) is 3.83. The molecule has 0 aliphatic carbocycles. The van der Waals surface area contributed by atoms with Crippen LogP contribution in [0.25, 0.3) is 0 Å². The molecule has 0 radical (unpaired) electrons. The van der Waals surface area contributed by atoms with Crippen LogP contribution in [0.3, 0.4) is 0 Å². The Labute approximate surface area is 117 Å². The average Bonchev–Trinajstić information content (AvgIpc) is 2.41.